The Morgan fingerprint density at radius 2 is 1.85 bits per heavy atom. The van der Waals surface area contributed by atoms with E-state index < -0.39 is 6.10 Å². The third-order valence-corrected chi connectivity index (χ3v) is 4.08. The number of benzene rings is 2. The maximum absolute atomic E-state index is 9.60. The molecule has 0 aliphatic heterocycles. The molecule has 0 fully saturated rings. The Kier molecular flexibility index (Phi) is 5.21. The number of hydrogen-bond acceptors (Lipinski definition) is 2. The van der Waals surface area contributed by atoms with Gasteiger partial charge in [-0.2, -0.15) is 0 Å². The van der Waals surface area contributed by atoms with Crippen molar-refractivity contribution in [2.45, 2.75) is 19.4 Å². The predicted octanol–water partition coefficient (Wildman–Crippen LogP) is 4.18. The molecule has 0 aromatic heterocycles. The van der Waals surface area contributed by atoms with Gasteiger partial charge in [0.15, 0.2) is 0 Å². The molecular weight excluding hydrogens is 314 g/mol. The maximum Gasteiger partial charge on any atom is 0.0762 e. The van der Waals surface area contributed by atoms with Gasteiger partial charge in [-0.25, -0.2) is 0 Å². The number of aliphatic hydroxyl groups excluding tert-OH is 1. The van der Waals surface area contributed by atoms with Crippen LogP contribution in [0.1, 0.15) is 24.2 Å². The van der Waals surface area contributed by atoms with E-state index in [1.165, 1.54) is 5.56 Å². The van der Waals surface area contributed by atoms with Gasteiger partial charge in [-0.3, -0.25) is 0 Å². The van der Waals surface area contributed by atoms with E-state index in [-0.39, 0.29) is 0 Å². The molecule has 0 aliphatic carbocycles. The normalized spacial score (nSPS) is 12.2. The Morgan fingerprint density at radius 1 is 1.15 bits per heavy atom. The van der Waals surface area contributed by atoms with Crippen LogP contribution in [0.15, 0.2) is 53.0 Å². The third kappa shape index (κ3) is 3.84. The van der Waals surface area contributed by atoms with E-state index in [9.17, 15) is 5.11 Å². The van der Waals surface area contributed by atoms with Crippen LogP contribution in [0.5, 0.6) is 0 Å². The lowest BCUT2D eigenvalue weighted by Crippen LogP contribution is -2.20. The van der Waals surface area contributed by atoms with Crippen molar-refractivity contribution in [3.8, 4) is 0 Å². The van der Waals surface area contributed by atoms with Crippen LogP contribution in [-0.2, 0) is 6.42 Å². The molecule has 1 unspecified atom stereocenters. The number of aliphatic hydroxyl groups is 1. The van der Waals surface area contributed by atoms with Gasteiger partial charge in [0.1, 0.15) is 0 Å². The van der Waals surface area contributed by atoms with Gasteiger partial charge in [0.25, 0.3) is 0 Å². The molecule has 2 rings (SSSR count). The van der Waals surface area contributed by atoms with Crippen LogP contribution >= 0.6 is 15.9 Å². The molecule has 1 atom stereocenters. The number of likely N-dealkylation sites (N-methyl/N-ethyl adjacent to an activating group) is 1. The number of halogens is 1. The topological polar surface area (TPSA) is 23.5 Å². The van der Waals surface area contributed by atoms with Crippen LogP contribution < -0.4 is 4.90 Å². The van der Waals surface area contributed by atoms with Gasteiger partial charge in [0.05, 0.1) is 11.8 Å². The molecule has 0 heterocycles. The van der Waals surface area contributed by atoms with Crippen LogP contribution in [0.4, 0.5) is 5.69 Å². The highest BCUT2D eigenvalue weighted by Crippen LogP contribution is 2.28. The van der Waals surface area contributed by atoms with E-state index in [1.54, 1.807) is 6.92 Å². The zero-order valence-electron chi connectivity index (χ0n) is 11.9. The van der Waals surface area contributed by atoms with Crippen molar-refractivity contribution in [1.82, 2.24) is 0 Å². The minimum atomic E-state index is -0.435. The second kappa shape index (κ2) is 6.91. The van der Waals surface area contributed by atoms with Crippen molar-refractivity contribution >= 4 is 21.6 Å². The minimum Gasteiger partial charge on any atom is -0.389 e. The first-order valence-electron chi connectivity index (χ1n) is 6.80. The molecule has 0 bridgehead atoms. The first-order chi connectivity index (χ1) is 9.58. The summed E-state index contributed by atoms with van der Waals surface area (Å²) in [6.45, 7) is 2.73. The summed E-state index contributed by atoms with van der Waals surface area (Å²) in [5, 5.41) is 9.60. The highest BCUT2D eigenvalue weighted by molar-refractivity contribution is 9.10. The quantitative estimate of drug-likeness (QED) is 0.887. The summed E-state index contributed by atoms with van der Waals surface area (Å²) in [7, 11) is 2.09. The Bertz CT molecular complexity index is 554. The van der Waals surface area contributed by atoms with Crippen molar-refractivity contribution in [2.24, 2.45) is 0 Å². The standard InChI is InChI=1S/C17H20BrNO/c1-13(20)15-8-9-17(16(18)12-15)19(2)11-10-14-6-4-3-5-7-14/h3-9,12-13,20H,10-11H2,1-2H3. The molecule has 2 nitrogen and oxygen atoms in total. The lowest BCUT2D eigenvalue weighted by atomic mass is 10.1. The smallest absolute Gasteiger partial charge is 0.0762 e. The number of anilines is 1. The van der Waals surface area contributed by atoms with E-state index in [2.05, 4.69) is 58.2 Å². The lowest BCUT2D eigenvalue weighted by Gasteiger charge is -2.21. The lowest BCUT2D eigenvalue weighted by molar-refractivity contribution is 0.199. The molecule has 0 saturated carbocycles. The van der Waals surface area contributed by atoms with E-state index in [0.717, 1.165) is 28.7 Å². The third-order valence-electron chi connectivity index (χ3n) is 3.44. The van der Waals surface area contributed by atoms with Crippen molar-refractivity contribution in [2.75, 3.05) is 18.5 Å². The van der Waals surface area contributed by atoms with Gasteiger partial charge in [-0.15, -0.1) is 0 Å². The van der Waals surface area contributed by atoms with Gasteiger partial charge in [-0.1, -0.05) is 36.4 Å². The molecule has 0 radical (unpaired) electrons. The van der Waals surface area contributed by atoms with Crippen LogP contribution in [0.25, 0.3) is 0 Å². The number of hydrogen-bond donors (Lipinski definition) is 1. The van der Waals surface area contributed by atoms with Crippen molar-refractivity contribution in [1.29, 1.82) is 0 Å². The van der Waals surface area contributed by atoms with E-state index in [0.29, 0.717) is 0 Å². The first-order valence-corrected chi connectivity index (χ1v) is 7.60. The van der Waals surface area contributed by atoms with Gasteiger partial charge >= 0.3 is 0 Å². The Morgan fingerprint density at radius 3 is 2.45 bits per heavy atom. The monoisotopic (exact) mass is 333 g/mol. The van der Waals surface area contributed by atoms with E-state index in [1.807, 2.05) is 18.2 Å². The van der Waals surface area contributed by atoms with Gasteiger partial charge in [-0.05, 0) is 52.5 Å². The SMILES string of the molecule is CC(O)c1ccc(N(C)CCc2ccccc2)c(Br)c1. The van der Waals surface area contributed by atoms with Crippen LogP contribution in [0.2, 0.25) is 0 Å². The number of nitrogens with zero attached hydrogens (tertiary/aromatic N) is 1. The fourth-order valence-electron chi connectivity index (χ4n) is 2.15. The zero-order valence-corrected chi connectivity index (χ0v) is 13.5. The average molecular weight is 334 g/mol. The first kappa shape index (κ1) is 15.1. The van der Waals surface area contributed by atoms with Crippen LogP contribution in [0, 0.1) is 0 Å². The molecular formula is C17H20BrNO. The molecule has 0 amide bonds. The summed E-state index contributed by atoms with van der Waals surface area (Å²) in [5.41, 5.74) is 3.42. The Balaban J connectivity index is 2.04. The Hall–Kier alpha value is -1.32. The summed E-state index contributed by atoms with van der Waals surface area (Å²) < 4.78 is 1.02. The molecule has 0 saturated heterocycles. The molecule has 2 aromatic rings. The van der Waals surface area contributed by atoms with Crippen molar-refractivity contribution < 1.29 is 5.11 Å². The highest BCUT2D eigenvalue weighted by atomic mass is 79.9. The molecule has 0 spiro atoms. The summed E-state index contributed by atoms with van der Waals surface area (Å²) in [6.07, 6.45) is 0.581. The fraction of sp³-hybridized carbons (Fsp3) is 0.294. The van der Waals surface area contributed by atoms with Gasteiger partial charge in [0, 0.05) is 18.1 Å². The molecule has 3 heteroatoms. The second-order valence-corrected chi connectivity index (χ2v) is 5.90. The molecule has 20 heavy (non-hydrogen) atoms. The molecule has 1 N–H and O–H groups in total. The summed E-state index contributed by atoms with van der Waals surface area (Å²) in [6, 6.07) is 16.5. The van der Waals surface area contributed by atoms with Crippen molar-refractivity contribution in [3.63, 3.8) is 0 Å². The summed E-state index contributed by atoms with van der Waals surface area (Å²) >= 11 is 3.59. The molecule has 2 aromatic carbocycles. The van der Waals surface area contributed by atoms with Gasteiger partial charge < -0.3 is 10.0 Å². The Labute approximate surface area is 129 Å². The highest BCUT2D eigenvalue weighted by Gasteiger charge is 2.09. The van der Waals surface area contributed by atoms with E-state index in [4.69, 9.17) is 0 Å². The molecule has 0 aliphatic rings. The second-order valence-electron chi connectivity index (χ2n) is 5.04. The fourth-order valence-corrected chi connectivity index (χ4v) is 2.85. The van der Waals surface area contributed by atoms with Gasteiger partial charge in [0.2, 0.25) is 0 Å². The number of rotatable bonds is 5. The minimum absolute atomic E-state index is 0.435. The summed E-state index contributed by atoms with van der Waals surface area (Å²) in [5.74, 6) is 0. The van der Waals surface area contributed by atoms with Crippen LogP contribution in [-0.4, -0.2) is 18.7 Å². The van der Waals surface area contributed by atoms with E-state index >= 15 is 0 Å². The average Bonchev–Trinajstić information content (AvgIpc) is 2.45. The maximum atomic E-state index is 9.60. The largest absolute Gasteiger partial charge is 0.389 e. The predicted molar refractivity (Wildman–Crippen MR) is 88.2 cm³/mol. The van der Waals surface area contributed by atoms with Crippen molar-refractivity contribution in [3.05, 3.63) is 64.1 Å². The molecule has 106 valence electrons. The summed E-state index contributed by atoms with van der Waals surface area (Å²) in [4.78, 5) is 2.23. The zero-order chi connectivity index (χ0) is 14.5. The van der Waals surface area contributed by atoms with Crippen LogP contribution in [0.3, 0.4) is 0 Å².